The van der Waals surface area contributed by atoms with Crippen molar-refractivity contribution in [1.82, 2.24) is 5.32 Å². The number of hydrogen-bond donors (Lipinski definition) is 2. The maximum absolute atomic E-state index is 11.5. The molecular weight excluding hydrogens is 265 g/mol. The monoisotopic (exact) mass is 277 g/mol. The summed E-state index contributed by atoms with van der Waals surface area (Å²) in [7, 11) is 0. The Kier molecular flexibility index (Phi) is 5.55. The fraction of sp³-hybridized carbons (Fsp3) is 0.364. The number of ether oxygens (including phenoxy) is 1. The Morgan fingerprint density at radius 1 is 1.53 bits per heavy atom. The molecule has 17 heavy (non-hydrogen) atoms. The van der Waals surface area contributed by atoms with E-state index in [2.05, 4.69) is 5.32 Å². The Morgan fingerprint density at radius 2 is 2.24 bits per heavy atom. The molecule has 0 spiro atoms. The van der Waals surface area contributed by atoms with Crippen LogP contribution in [-0.4, -0.2) is 30.3 Å². The largest absolute Gasteiger partial charge is 0.479 e. The highest BCUT2D eigenvalue weighted by molar-refractivity contribution is 6.35. The minimum absolute atomic E-state index is 0.111. The molecule has 94 valence electrons. The minimum atomic E-state index is -0.694. The first-order chi connectivity index (χ1) is 8.04. The predicted octanol–water partition coefficient (Wildman–Crippen LogP) is 1.87. The van der Waals surface area contributed by atoms with Crippen molar-refractivity contribution in [1.29, 1.82) is 0 Å². The number of carbonyl (C=O) groups excluding carboxylic acids is 1. The van der Waals surface area contributed by atoms with Crippen molar-refractivity contribution in [2.45, 2.75) is 13.0 Å². The maximum atomic E-state index is 11.5. The van der Waals surface area contributed by atoms with Crippen LogP contribution in [0.3, 0.4) is 0 Å². The second-order valence-electron chi connectivity index (χ2n) is 3.35. The molecule has 1 aromatic rings. The fourth-order valence-electron chi connectivity index (χ4n) is 1.14. The minimum Gasteiger partial charge on any atom is -0.479 e. The molecule has 0 saturated carbocycles. The van der Waals surface area contributed by atoms with Crippen LogP contribution in [0.4, 0.5) is 0 Å². The first kappa shape index (κ1) is 14.1. The molecule has 1 atom stereocenters. The van der Waals surface area contributed by atoms with E-state index in [4.69, 9.17) is 33.0 Å². The number of halogens is 2. The number of aliphatic hydroxyl groups is 1. The van der Waals surface area contributed by atoms with Crippen LogP contribution < -0.4 is 10.1 Å². The predicted molar refractivity (Wildman–Crippen MR) is 66.6 cm³/mol. The lowest BCUT2D eigenvalue weighted by Crippen LogP contribution is -2.37. The molecule has 1 amide bonds. The van der Waals surface area contributed by atoms with Crippen LogP contribution in [0.15, 0.2) is 18.2 Å². The van der Waals surface area contributed by atoms with E-state index in [1.54, 1.807) is 19.1 Å². The van der Waals surface area contributed by atoms with Gasteiger partial charge in [-0.15, -0.1) is 0 Å². The van der Waals surface area contributed by atoms with Crippen molar-refractivity contribution in [3.05, 3.63) is 28.2 Å². The Balaban J connectivity index is 2.61. The van der Waals surface area contributed by atoms with Crippen LogP contribution in [0.2, 0.25) is 10.0 Å². The molecule has 6 heteroatoms. The van der Waals surface area contributed by atoms with Gasteiger partial charge in [-0.2, -0.15) is 0 Å². The molecule has 0 aromatic heterocycles. The van der Waals surface area contributed by atoms with Crippen molar-refractivity contribution in [3.8, 4) is 5.75 Å². The first-order valence-electron chi connectivity index (χ1n) is 5.05. The summed E-state index contributed by atoms with van der Waals surface area (Å²) in [5, 5.41) is 11.9. The standard InChI is InChI=1S/C11H13Cl2NO3/c1-7(11(16)14-4-5-15)17-10-3-2-8(12)6-9(10)13/h2-3,6-7,15H,4-5H2,1H3,(H,14,16). The molecule has 2 N–H and O–H groups in total. The van der Waals surface area contributed by atoms with Gasteiger partial charge in [0.2, 0.25) is 0 Å². The lowest BCUT2D eigenvalue weighted by Gasteiger charge is -2.15. The van der Waals surface area contributed by atoms with Gasteiger partial charge in [0.05, 0.1) is 11.6 Å². The fourth-order valence-corrected chi connectivity index (χ4v) is 1.59. The zero-order valence-corrected chi connectivity index (χ0v) is 10.8. The molecule has 0 heterocycles. The van der Waals surface area contributed by atoms with Gasteiger partial charge < -0.3 is 15.2 Å². The van der Waals surface area contributed by atoms with Crippen molar-refractivity contribution in [2.75, 3.05) is 13.2 Å². The van der Waals surface area contributed by atoms with Gasteiger partial charge in [0, 0.05) is 11.6 Å². The van der Waals surface area contributed by atoms with Crippen molar-refractivity contribution in [2.24, 2.45) is 0 Å². The zero-order chi connectivity index (χ0) is 12.8. The number of hydrogen-bond acceptors (Lipinski definition) is 3. The van der Waals surface area contributed by atoms with Gasteiger partial charge >= 0.3 is 0 Å². The average molecular weight is 278 g/mol. The molecule has 4 nitrogen and oxygen atoms in total. The van der Waals surface area contributed by atoms with Gasteiger partial charge in [-0.1, -0.05) is 23.2 Å². The van der Waals surface area contributed by atoms with Gasteiger partial charge in [0.15, 0.2) is 6.10 Å². The van der Waals surface area contributed by atoms with Crippen molar-refractivity contribution < 1.29 is 14.6 Å². The average Bonchev–Trinajstić information content (AvgIpc) is 2.29. The lowest BCUT2D eigenvalue weighted by atomic mass is 10.3. The molecule has 1 rings (SSSR count). The molecule has 0 aliphatic rings. The quantitative estimate of drug-likeness (QED) is 0.864. The molecule has 0 aliphatic carbocycles. The van der Waals surface area contributed by atoms with E-state index in [-0.39, 0.29) is 19.1 Å². The second kappa shape index (κ2) is 6.69. The van der Waals surface area contributed by atoms with Crippen LogP contribution in [0.1, 0.15) is 6.92 Å². The van der Waals surface area contributed by atoms with Gasteiger partial charge in [-0.05, 0) is 25.1 Å². The molecule has 1 unspecified atom stereocenters. The van der Waals surface area contributed by atoms with Crippen LogP contribution in [0.5, 0.6) is 5.75 Å². The summed E-state index contributed by atoms with van der Waals surface area (Å²) in [6.45, 7) is 1.68. The summed E-state index contributed by atoms with van der Waals surface area (Å²) in [6.07, 6.45) is -0.694. The first-order valence-corrected chi connectivity index (χ1v) is 5.80. The Labute approximate surface area is 109 Å². The van der Waals surface area contributed by atoms with E-state index in [1.807, 2.05) is 0 Å². The number of aliphatic hydroxyl groups excluding tert-OH is 1. The number of nitrogens with one attached hydrogen (secondary N) is 1. The summed E-state index contributed by atoms with van der Waals surface area (Å²) < 4.78 is 5.37. The molecule has 1 aromatic carbocycles. The van der Waals surface area contributed by atoms with Gasteiger partial charge in [0.1, 0.15) is 5.75 Å². The van der Waals surface area contributed by atoms with Crippen LogP contribution in [0, 0.1) is 0 Å². The lowest BCUT2D eigenvalue weighted by molar-refractivity contribution is -0.127. The Morgan fingerprint density at radius 3 is 2.82 bits per heavy atom. The number of rotatable bonds is 5. The van der Waals surface area contributed by atoms with E-state index in [9.17, 15) is 4.79 Å². The van der Waals surface area contributed by atoms with Crippen LogP contribution in [0.25, 0.3) is 0 Å². The summed E-state index contributed by atoms with van der Waals surface area (Å²) in [4.78, 5) is 11.5. The van der Waals surface area contributed by atoms with Crippen LogP contribution in [-0.2, 0) is 4.79 Å². The van der Waals surface area contributed by atoms with Crippen molar-refractivity contribution >= 4 is 29.1 Å². The smallest absolute Gasteiger partial charge is 0.260 e. The summed E-state index contributed by atoms with van der Waals surface area (Å²) in [5.41, 5.74) is 0. The van der Waals surface area contributed by atoms with E-state index < -0.39 is 6.10 Å². The highest BCUT2D eigenvalue weighted by atomic mass is 35.5. The Hall–Kier alpha value is -0.970. The summed E-state index contributed by atoms with van der Waals surface area (Å²) in [6, 6.07) is 4.76. The molecular formula is C11H13Cl2NO3. The van der Waals surface area contributed by atoms with Gasteiger partial charge in [-0.3, -0.25) is 4.79 Å². The molecule has 0 saturated heterocycles. The molecule has 0 fully saturated rings. The van der Waals surface area contributed by atoms with Crippen molar-refractivity contribution in [3.63, 3.8) is 0 Å². The van der Waals surface area contributed by atoms with E-state index in [0.717, 1.165) is 0 Å². The zero-order valence-electron chi connectivity index (χ0n) is 9.24. The summed E-state index contributed by atoms with van der Waals surface area (Å²) >= 11 is 11.6. The highest BCUT2D eigenvalue weighted by Crippen LogP contribution is 2.28. The SMILES string of the molecule is CC(Oc1ccc(Cl)cc1Cl)C(=O)NCCO. The number of amides is 1. The number of carbonyl (C=O) groups is 1. The highest BCUT2D eigenvalue weighted by Gasteiger charge is 2.15. The topological polar surface area (TPSA) is 58.6 Å². The maximum Gasteiger partial charge on any atom is 0.260 e. The molecule has 0 bridgehead atoms. The van der Waals surface area contributed by atoms with Crippen LogP contribution >= 0.6 is 23.2 Å². The third-order valence-electron chi connectivity index (χ3n) is 1.98. The molecule has 0 aliphatic heterocycles. The van der Waals surface area contributed by atoms with E-state index >= 15 is 0 Å². The van der Waals surface area contributed by atoms with Gasteiger partial charge in [-0.25, -0.2) is 0 Å². The third kappa shape index (κ3) is 4.42. The van der Waals surface area contributed by atoms with E-state index in [0.29, 0.717) is 15.8 Å². The Bertz CT molecular complexity index is 398. The summed E-state index contributed by atoms with van der Waals surface area (Å²) in [5.74, 6) is 0.0766. The normalized spacial score (nSPS) is 12.0. The second-order valence-corrected chi connectivity index (χ2v) is 4.19. The third-order valence-corrected chi connectivity index (χ3v) is 2.51. The van der Waals surface area contributed by atoms with E-state index in [1.165, 1.54) is 6.07 Å². The number of benzene rings is 1. The van der Waals surface area contributed by atoms with Gasteiger partial charge in [0.25, 0.3) is 5.91 Å². The molecule has 0 radical (unpaired) electrons.